The van der Waals surface area contributed by atoms with Crippen LogP contribution in [-0.4, -0.2) is 36.4 Å². The van der Waals surface area contributed by atoms with Crippen molar-refractivity contribution in [1.29, 1.82) is 0 Å². The number of rotatable bonds is 5. The van der Waals surface area contributed by atoms with Crippen LogP contribution in [0.1, 0.15) is 18.1 Å². The molecule has 2 N–H and O–H groups in total. The van der Waals surface area contributed by atoms with Gasteiger partial charge in [0.1, 0.15) is 0 Å². The number of aliphatic hydroxyl groups excluding tert-OH is 1. The third kappa shape index (κ3) is 3.90. The van der Waals surface area contributed by atoms with Gasteiger partial charge < -0.3 is 15.0 Å². The molecule has 156 valence electrons. The Kier molecular flexibility index (Phi) is 5.26. The SMILES string of the molecule is C[C@H](O)CNc1nc2c(c(=O)n(Cc3ccc(C(F)(F)F)cc3)c(=O)n2C)n1C. The fourth-order valence-corrected chi connectivity index (χ4v) is 2.96. The fourth-order valence-electron chi connectivity index (χ4n) is 2.96. The van der Waals surface area contributed by atoms with Gasteiger partial charge in [0, 0.05) is 20.6 Å². The van der Waals surface area contributed by atoms with Crippen LogP contribution >= 0.6 is 0 Å². The molecule has 1 aromatic carbocycles. The Morgan fingerprint density at radius 2 is 1.76 bits per heavy atom. The average Bonchev–Trinajstić information content (AvgIpc) is 2.98. The molecule has 0 aliphatic carbocycles. The number of aliphatic hydroxyl groups is 1. The number of alkyl halides is 3. The van der Waals surface area contributed by atoms with E-state index in [0.717, 1.165) is 16.7 Å². The van der Waals surface area contributed by atoms with E-state index < -0.39 is 29.1 Å². The molecule has 0 spiro atoms. The summed E-state index contributed by atoms with van der Waals surface area (Å²) in [7, 11) is 3.05. The minimum atomic E-state index is -4.46. The monoisotopic (exact) mass is 411 g/mol. The first-order valence-electron chi connectivity index (χ1n) is 8.75. The highest BCUT2D eigenvalue weighted by Gasteiger charge is 2.30. The van der Waals surface area contributed by atoms with Crippen LogP contribution in [0.25, 0.3) is 11.2 Å². The summed E-state index contributed by atoms with van der Waals surface area (Å²) in [6.07, 6.45) is -5.11. The molecule has 0 unspecified atom stereocenters. The Labute approximate surface area is 162 Å². The lowest BCUT2D eigenvalue weighted by Crippen LogP contribution is -2.39. The van der Waals surface area contributed by atoms with Gasteiger partial charge in [0.25, 0.3) is 5.56 Å². The normalized spacial score (nSPS) is 13.1. The standard InChI is InChI=1S/C18H20F3N5O3/c1-10(27)8-22-16-23-14-13(24(16)2)15(28)26(17(29)25(14)3)9-11-4-6-12(7-5-11)18(19,20)21/h4-7,10,27H,8-9H2,1-3H3,(H,22,23)/t10-/m0/s1. The molecule has 0 aliphatic rings. The molecular formula is C18H20F3N5O3. The van der Waals surface area contributed by atoms with Gasteiger partial charge in [-0.2, -0.15) is 18.2 Å². The largest absolute Gasteiger partial charge is 0.416 e. The van der Waals surface area contributed by atoms with Crippen LogP contribution in [0.2, 0.25) is 0 Å². The second kappa shape index (κ2) is 7.39. The molecule has 0 radical (unpaired) electrons. The Morgan fingerprint density at radius 1 is 1.14 bits per heavy atom. The average molecular weight is 411 g/mol. The highest BCUT2D eigenvalue weighted by molar-refractivity contribution is 5.74. The van der Waals surface area contributed by atoms with Gasteiger partial charge in [-0.05, 0) is 24.6 Å². The molecule has 3 aromatic rings. The van der Waals surface area contributed by atoms with Gasteiger partial charge in [-0.15, -0.1) is 0 Å². The van der Waals surface area contributed by atoms with Crippen LogP contribution in [-0.2, 0) is 26.8 Å². The number of aromatic nitrogens is 4. The number of halogens is 3. The molecule has 2 aromatic heterocycles. The number of nitrogens with one attached hydrogen (secondary N) is 1. The van der Waals surface area contributed by atoms with Crippen LogP contribution < -0.4 is 16.6 Å². The molecule has 0 fully saturated rings. The van der Waals surface area contributed by atoms with Gasteiger partial charge in [0.15, 0.2) is 11.2 Å². The van der Waals surface area contributed by atoms with Crippen molar-refractivity contribution in [2.24, 2.45) is 14.1 Å². The second-order valence-electron chi connectivity index (χ2n) is 6.82. The maximum atomic E-state index is 12.9. The summed E-state index contributed by atoms with van der Waals surface area (Å²) in [5.74, 6) is 0.306. The van der Waals surface area contributed by atoms with Crippen molar-refractivity contribution in [3.63, 3.8) is 0 Å². The van der Waals surface area contributed by atoms with E-state index in [4.69, 9.17) is 0 Å². The summed E-state index contributed by atoms with van der Waals surface area (Å²) in [6, 6.07) is 4.28. The molecule has 0 saturated heterocycles. The smallest absolute Gasteiger partial charge is 0.392 e. The molecule has 1 atom stereocenters. The Balaban J connectivity index is 2.06. The van der Waals surface area contributed by atoms with Crippen LogP contribution in [0.5, 0.6) is 0 Å². The third-order valence-electron chi connectivity index (χ3n) is 4.54. The molecule has 3 rings (SSSR count). The molecule has 2 heterocycles. The number of anilines is 1. The van der Waals surface area contributed by atoms with Crippen molar-refractivity contribution in [2.45, 2.75) is 25.7 Å². The van der Waals surface area contributed by atoms with Gasteiger partial charge in [0.2, 0.25) is 5.95 Å². The zero-order chi connectivity index (χ0) is 21.5. The number of aryl methyl sites for hydroxylation is 2. The summed E-state index contributed by atoms with van der Waals surface area (Å²) in [6.45, 7) is 1.61. The van der Waals surface area contributed by atoms with Crippen molar-refractivity contribution in [3.8, 4) is 0 Å². The van der Waals surface area contributed by atoms with E-state index >= 15 is 0 Å². The molecule has 0 amide bonds. The van der Waals surface area contributed by atoms with E-state index in [0.29, 0.717) is 11.5 Å². The van der Waals surface area contributed by atoms with Crippen LogP contribution in [0, 0.1) is 0 Å². The number of nitrogens with zero attached hydrogens (tertiary/aromatic N) is 4. The summed E-state index contributed by atoms with van der Waals surface area (Å²) in [4.78, 5) is 29.9. The number of hydrogen-bond acceptors (Lipinski definition) is 5. The second-order valence-corrected chi connectivity index (χ2v) is 6.82. The van der Waals surface area contributed by atoms with Crippen molar-refractivity contribution in [1.82, 2.24) is 18.7 Å². The minimum Gasteiger partial charge on any atom is -0.392 e. The van der Waals surface area contributed by atoms with Gasteiger partial charge in [0.05, 0.1) is 18.2 Å². The highest BCUT2D eigenvalue weighted by Crippen LogP contribution is 2.29. The Hall–Kier alpha value is -3.08. The van der Waals surface area contributed by atoms with Crippen LogP contribution in [0.15, 0.2) is 33.9 Å². The lowest BCUT2D eigenvalue weighted by Gasteiger charge is -2.10. The van der Waals surface area contributed by atoms with Gasteiger partial charge >= 0.3 is 11.9 Å². The molecule has 29 heavy (non-hydrogen) atoms. The zero-order valence-electron chi connectivity index (χ0n) is 16.0. The fraction of sp³-hybridized carbons (Fsp3) is 0.389. The number of fused-ring (bicyclic) bond motifs is 1. The van der Waals surface area contributed by atoms with E-state index in [2.05, 4.69) is 10.3 Å². The van der Waals surface area contributed by atoms with Crippen molar-refractivity contribution in [2.75, 3.05) is 11.9 Å². The Bertz CT molecular complexity index is 1160. The molecular weight excluding hydrogens is 391 g/mol. The molecule has 11 heteroatoms. The van der Waals surface area contributed by atoms with Crippen molar-refractivity contribution < 1.29 is 18.3 Å². The zero-order valence-corrected chi connectivity index (χ0v) is 16.0. The summed E-state index contributed by atoms with van der Waals surface area (Å²) < 4.78 is 41.8. The van der Waals surface area contributed by atoms with Gasteiger partial charge in [-0.25, -0.2) is 4.79 Å². The molecule has 0 bridgehead atoms. The molecule has 0 saturated carbocycles. The molecule has 0 aliphatic heterocycles. The predicted molar refractivity (Wildman–Crippen MR) is 101 cm³/mol. The van der Waals surface area contributed by atoms with Gasteiger partial charge in [-0.3, -0.25) is 13.9 Å². The minimum absolute atomic E-state index is 0.159. The van der Waals surface area contributed by atoms with Crippen molar-refractivity contribution in [3.05, 3.63) is 56.2 Å². The van der Waals surface area contributed by atoms with E-state index in [1.807, 2.05) is 0 Å². The maximum Gasteiger partial charge on any atom is 0.416 e. The van der Waals surface area contributed by atoms with E-state index in [1.54, 1.807) is 14.0 Å². The highest BCUT2D eigenvalue weighted by atomic mass is 19.4. The lowest BCUT2D eigenvalue weighted by atomic mass is 10.1. The third-order valence-corrected chi connectivity index (χ3v) is 4.54. The van der Waals surface area contributed by atoms with Crippen LogP contribution in [0.3, 0.4) is 0 Å². The summed E-state index contributed by atoms with van der Waals surface area (Å²) >= 11 is 0. The first-order chi connectivity index (χ1) is 13.5. The summed E-state index contributed by atoms with van der Waals surface area (Å²) in [5, 5.41) is 12.3. The predicted octanol–water partition coefficient (Wildman–Crippen LogP) is 1.29. The maximum absolute atomic E-state index is 12.9. The van der Waals surface area contributed by atoms with Crippen LogP contribution in [0.4, 0.5) is 19.1 Å². The van der Waals surface area contributed by atoms with Gasteiger partial charge in [-0.1, -0.05) is 12.1 Å². The Morgan fingerprint density at radius 3 is 2.31 bits per heavy atom. The molecule has 8 nitrogen and oxygen atoms in total. The first kappa shape index (κ1) is 20.6. The number of hydrogen-bond donors (Lipinski definition) is 2. The lowest BCUT2D eigenvalue weighted by molar-refractivity contribution is -0.137. The topological polar surface area (TPSA) is 94.1 Å². The quantitative estimate of drug-likeness (QED) is 0.660. The van der Waals surface area contributed by atoms with E-state index in [-0.39, 0.29) is 24.3 Å². The van der Waals surface area contributed by atoms with Crippen molar-refractivity contribution >= 4 is 17.1 Å². The summed E-state index contributed by atoms with van der Waals surface area (Å²) in [5.41, 5.74) is -1.35. The first-order valence-corrected chi connectivity index (χ1v) is 8.75. The number of benzene rings is 1. The van der Waals surface area contributed by atoms with E-state index in [1.165, 1.54) is 28.3 Å². The number of imidazole rings is 1. The van der Waals surface area contributed by atoms with E-state index in [9.17, 15) is 27.9 Å².